The molecular weight excluding hydrogens is 207 g/mol. The number of likely N-dealkylation sites (N-methyl/N-ethyl adjacent to an activating group) is 1. The van der Waals surface area contributed by atoms with E-state index < -0.39 is 0 Å². The van der Waals surface area contributed by atoms with Crippen LogP contribution in [0.2, 0.25) is 0 Å². The third-order valence-electron chi connectivity index (χ3n) is 2.36. The first kappa shape index (κ1) is 12.2. The number of carbonyl (C=O) groups excluding carboxylic acids is 1. The number of hydrogen-bond donors (Lipinski definition) is 1. The Kier molecular flexibility index (Phi) is 3.66. The average Bonchev–Trinajstić information content (AvgIpc) is 2.30. The van der Waals surface area contributed by atoms with E-state index in [0.29, 0.717) is 11.3 Å². The van der Waals surface area contributed by atoms with Gasteiger partial charge in [-0.15, -0.1) is 0 Å². The van der Waals surface area contributed by atoms with Gasteiger partial charge in [-0.25, -0.2) is 4.39 Å². The summed E-state index contributed by atoms with van der Waals surface area (Å²) < 4.78 is 13.8. The number of nitrogens with zero attached hydrogens (tertiary/aromatic N) is 1. The van der Waals surface area contributed by atoms with Crippen LogP contribution in [0.1, 0.15) is 13.8 Å². The van der Waals surface area contributed by atoms with Crippen LogP contribution in [-0.2, 0) is 4.79 Å². The zero-order chi connectivity index (χ0) is 12.3. The predicted molar refractivity (Wildman–Crippen MR) is 61.8 cm³/mol. The van der Waals surface area contributed by atoms with Crippen molar-refractivity contribution < 1.29 is 9.18 Å². The molecule has 0 saturated heterocycles. The van der Waals surface area contributed by atoms with Crippen molar-refractivity contribution in [3.63, 3.8) is 0 Å². The Balaban J connectivity index is 3.07. The van der Waals surface area contributed by atoms with E-state index in [-0.39, 0.29) is 17.4 Å². The highest BCUT2D eigenvalue weighted by Gasteiger charge is 2.22. The van der Waals surface area contributed by atoms with Gasteiger partial charge < -0.3 is 10.2 Å². The first-order valence-electron chi connectivity index (χ1n) is 4.94. The molecule has 1 aliphatic rings. The Morgan fingerprint density at radius 3 is 2.75 bits per heavy atom. The van der Waals surface area contributed by atoms with E-state index in [2.05, 4.69) is 11.9 Å². The van der Waals surface area contributed by atoms with Gasteiger partial charge in [0.2, 0.25) is 0 Å². The van der Waals surface area contributed by atoms with Crippen molar-refractivity contribution in [1.29, 1.82) is 0 Å². The summed E-state index contributed by atoms with van der Waals surface area (Å²) in [6.45, 7) is 7.03. The van der Waals surface area contributed by atoms with Gasteiger partial charge in [-0.3, -0.25) is 4.79 Å². The van der Waals surface area contributed by atoms with Crippen molar-refractivity contribution in [3.05, 3.63) is 47.7 Å². The van der Waals surface area contributed by atoms with Crippen molar-refractivity contribution in [3.8, 4) is 0 Å². The van der Waals surface area contributed by atoms with Gasteiger partial charge in [-0.2, -0.15) is 0 Å². The smallest absolute Gasteiger partial charge is 0.267 e. The molecule has 0 radical (unpaired) electrons. The van der Waals surface area contributed by atoms with E-state index in [0.717, 1.165) is 0 Å². The summed E-state index contributed by atoms with van der Waals surface area (Å²) in [7, 11) is 1.51. The molecule has 0 unspecified atom stereocenters. The van der Waals surface area contributed by atoms with Crippen LogP contribution in [-0.4, -0.2) is 17.9 Å². The molecule has 0 spiro atoms. The minimum Gasteiger partial charge on any atom is -0.354 e. The number of allylic oxidation sites excluding steroid dienone is 4. The number of nitrogens with one attached hydrogen (secondary N) is 1. The Labute approximate surface area is 94.6 Å². The lowest BCUT2D eigenvalue weighted by atomic mass is 10.1. The highest BCUT2D eigenvalue weighted by atomic mass is 19.1. The molecule has 0 fully saturated rings. The first-order valence-corrected chi connectivity index (χ1v) is 4.94. The van der Waals surface area contributed by atoms with Crippen molar-refractivity contribution in [1.82, 2.24) is 10.2 Å². The van der Waals surface area contributed by atoms with Gasteiger partial charge in [-0.1, -0.05) is 12.7 Å². The van der Waals surface area contributed by atoms with E-state index in [1.807, 2.05) is 0 Å². The fourth-order valence-corrected chi connectivity index (χ4v) is 1.40. The maximum Gasteiger partial charge on any atom is 0.267 e. The third-order valence-corrected chi connectivity index (χ3v) is 2.36. The molecule has 0 aliphatic carbocycles. The van der Waals surface area contributed by atoms with Crippen LogP contribution >= 0.6 is 0 Å². The molecule has 1 heterocycles. The molecule has 16 heavy (non-hydrogen) atoms. The summed E-state index contributed by atoms with van der Waals surface area (Å²) >= 11 is 0. The molecule has 0 aromatic rings. The van der Waals surface area contributed by atoms with Crippen LogP contribution in [0.25, 0.3) is 0 Å². The van der Waals surface area contributed by atoms with E-state index in [4.69, 9.17) is 0 Å². The predicted octanol–water partition coefficient (Wildman–Crippen LogP) is 2.22. The summed E-state index contributed by atoms with van der Waals surface area (Å²) in [5.74, 6) is -0.675. The van der Waals surface area contributed by atoms with Gasteiger partial charge in [0.25, 0.3) is 5.91 Å². The number of rotatable bonds is 2. The Bertz CT molecular complexity index is 419. The van der Waals surface area contributed by atoms with Crippen LogP contribution in [0.3, 0.4) is 0 Å². The lowest BCUT2D eigenvalue weighted by Crippen LogP contribution is -2.30. The second-order valence-corrected chi connectivity index (χ2v) is 3.38. The molecular formula is C12H15FN2O. The zero-order valence-corrected chi connectivity index (χ0v) is 9.67. The van der Waals surface area contributed by atoms with Crippen LogP contribution in [0.15, 0.2) is 47.7 Å². The Morgan fingerprint density at radius 2 is 2.25 bits per heavy atom. The maximum absolute atomic E-state index is 13.8. The summed E-state index contributed by atoms with van der Waals surface area (Å²) in [6, 6.07) is 0. The molecule has 3 nitrogen and oxygen atoms in total. The number of amides is 1. The average molecular weight is 222 g/mol. The molecule has 0 saturated carbocycles. The van der Waals surface area contributed by atoms with Crippen LogP contribution in [0.4, 0.5) is 4.39 Å². The van der Waals surface area contributed by atoms with E-state index >= 15 is 0 Å². The SMILES string of the molecule is C=C(C(=O)NC)N1C=CC(C)=C(F)/C1=C/C. The summed E-state index contributed by atoms with van der Waals surface area (Å²) in [6.07, 6.45) is 4.85. The van der Waals surface area contributed by atoms with E-state index in [9.17, 15) is 9.18 Å². The van der Waals surface area contributed by atoms with Gasteiger partial charge in [0.05, 0.1) is 5.70 Å². The van der Waals surface area contributed by atoms with E-state index in [1.165, 1.54) is 11.9 Å². The van der Waals surface area contributed by atoms with Crippen molar-refractivity contribution in [2.24, 2.45) is 0 Å². The number of hydrogen-bond acceptors (Lipinski definition) is 2. The molecule has 1 rings (SSSR count). The minimum atomic E-state index is -0.338. The second kappa shape index (κ2) is 4.79. The molecule has 1 amide bonds. The molecule has 0 aromatic carbocycles. The monoisotopic (exact) mass is 222 g/mol. The van der Waals surface area contributed by atoms with Gasteiger partial charge >= 0.3 is 0 Å². The van der Waals surface area contributed by atoms with Crippen molar-refractivity contribution >= 4 is 5.91 Å². The molecule has 0 aromatic heterocycles. The Morgan fingerprint density at radius 1 is 1.62 bits per heavy atom. The summed E-state index contributed by atoms with van der Waals surface area (Å²) in [5, 5.41) is 2.45. The maximum atomic E-state index is 13.8. The normalized spacial score (nSPS) is 18.0. The van der Waals surface area contributed by atoms with Crippen LogP contribution in [0.5, 0.6) is 0 Å². The minimum absolute atomic E-state index is 0.189. The Hall–Kier alpha value is -1.84. The fraction of sp³-hybridized carbons (Fsp3) is 0.250. The van der Waals surface area contributed by atoms with Crippen molar-refractivity contribution in [2.75, 3.05) is 7.05 Å². The highest BCUT2D eigenvalue weighted by molar-refractivity contribution is 5.92. The molecule has 4 heteroatoms. The number of halogens is 1. The van der Waals surface area contributed by atoms with Gasteiger partial charge in [0.1, 0.15) is 11.5 Å². The molecule has 0 atom stereocenters. The largest absolute Gasteiger partial charge is 0.354 e. The molecule has 86 valence electrons. The second-order valence-electron chi connectivity index (χ2n) is 3.38. The summed E-state index contributed by atoms with van der Waals surface area (Å²) in [5.41, 5.74) is 1.07. The summed E-state index contributed by atoms with van der Waals surface area (Å²) in [4.78, 5) is 12.8. The third kappa shape index (κ3) is 2.05. The van der Waals surface area contributed by atoms with Crippen molar-refractivity contribution in [2.45, 2.75) is 13.8 Å². The number of carbonyl (C=O) groups is 1. The van der Waals surface area contributed by atoms with Crippen LogP contribution in [0, 0.1) is 0 Å². The molecule has 0 bridgehead atoms. The van der Waals surface area contributed by atoms with Crippen LogP contribution < -0.4 is 5.32 Å². The highest BCUT2D eigenvalue weighted by Crippen LogP contribution is 2.28. The quantitative estimate of drug-likeness (QED) is 0.726. The van der Waals surface area contributed by atoms with Gasteiger partial charge in [0, 0.05) is 13.2 Å². The fourth-order valence-electron chi connectivity index (χ4n) is 1.40. The lowest BCUT2D eigenvalue weighted by Gasteiger charge is -2.26. The topological polar surface area (TPSA) is 32.3 Å². The van der Waals surface area contributed by atoms with Gasteiger partial charge in [0.15, 0.2) is 0 Å². The molecule has 1 N–H and O–H groups in total. The van der Waals surface area contributed by atoms with Gasteiger partial charge in [-0.05, 0) is 25.5 Å². The standard InChI is InChI=1S/C12H15FN2O/c1-5-10-11(13)8(2)6-7-15(10)9(3)12(16)14-4/h5-7H,3H2,1-2,4H3,(H,14,16)/b10-5-. The zero-order valence-electron chi connectivity index (χ0n) is 9.67. The first-order chi connectivity index (χ1) is 7.52. The van der Waals surface area contributed by atoms with E-state index in [1.54, 1.807) is 32.2 Å². The molecule has 1 aliphatic heterocycles. The lowest BCUT2D eigenvalue weighted by molar-refractivity contribution is -0.118.